The Bertz CT molecular complexity index is 537. The van der Waals surface area contributed by atoms with Gasteiger partial charge < -0.3 is 15.2 Å². The molecule has 1 atom stereocenters. The van der Waals surface area contributed by atoms with Crippen LogP contribution in [0.2, 0.25) is 0 Å². The number of rotatable bonds is 6. The summed E-state index contributed by atoms with van der Waals surface area (Å²) in [5.74, 6) is 1.19. The van der Waals surface area contributed by atoms with Gasteiger partial charge in [0.05, 0.1) is 6.61 Å². The molecule has 0 saturated heterocycles. The molecule has 0 amide bonds. The second-order valence-corrected chi connectivity index (χ2v) is 4.88. The number of phenols is 1. The first-order valence-electron chi connectivity index (χ1n) is 6.94. The van der Waals surface area contributed by atoms with Crippen molar-refractivity contribution in [1.82, 2.24) is 0 Å². The Hall–Kier alpha value is -2.16. The third kappa shape index (κ3) is 4.19. The minimum Gasteiger partial charge on any atom is -0.508 e. The maximum Gasteiger partial charge on any atom is 0.121 e. The van der Waals surface area contributed by atoms with Gasteiger partial charge in [-0.15, -0.1) is 0 Å². The van der Waals surface area contributed by atoms with E-state index in [2.05, 4.69) is 12.2 Å². The van der Waals surface area contributed by atoms with Crippen LogP contribution in [0.15, 0.2) is 48.5 Å². The van der Waals surface area contributed by atoms with Gasteiger partial charge in [0.1, 0.15) is 11.5 Å². The van der Waals surface area contributed by atoms with E-state index >= 15 is 0 Å². The summed E-state index contributed by atoms with van der Waals surface area (Å²) in [6, 6.07) is 15.6. The zero-order valence-corrected chi connectivity index (χ0v) is 12.0. The van der Waals surface area contributed by atoms with Crippen molar-refractivity contribution < 1.29 is 9.84 Å². The van der Waals surface area contributed by atoms with Gasteiger partial charge in [0.2, 0.25) is 0 Å². The van der Waals surface area contributed by atoms with Crippen molar-refractivity contribution in [3.63, 3.8) is 0 Å². The van der Waals surface area contributed by atoms with Crippen molar-refractivity contribution in [1.29, 1.82) is 0 Å². The second kappa shape index (κ2) is 6.85. The van der Waals surface area contributed by atoms with Gasteiger partial charge in [-0.25, -0.2) is 0 Å². The molecule has 3 heteroatoms. The van der Waals surface area contributed by atoms with Crippen LogP contribution in [0, 0.1) is 0 Å². The van der Waals surface area contributed by atoms with Crippen LogP contribution in [-0.2, 0) is 6.42 Å². The lowest BCUT2D eigenvalue weighted by atomic mass is 10.1. The van der Waals surface area contributed by atoms with Gasteiger partial charge in [0, 0.05) is 17.8 Å². The maximum absolute atomic E-state index is 9.28. The highest BCUT2D eigenvalue weighted by Gasteiger charge is 2.04. The average molecular weight is 271 g/mol. The van der Waals surface area contributed by atoms with Crippen LogP contribution in [0.3, 0.4) is 0 Å². The van der Waals surface area contributed by atoms with Crippen LogP contribution in [0.5, 0.6) is 11.5 Å². The smallest absolute Gasteiger partial charge is 0.121 e. The van der Waals surface area contributed by atoms with Crippen LogP contribution in [0.1, 0.15) is 19.4 Å². The van der Waals surface area contributed by atoms with Gasteiger partial charge in [-0.2, -0.15) is 0 Å². The first-order valence-corrected chi connectivity index (χ1v) is 6.94. The van der Waals surface area contributed by atoms with Gasteiger partial charge in [0.15, 0.2) is 0 Å². The maximum atomic E-state index is 9.28. The first kappa shape index (κ1) is 14.3. The summed E-state index contributed by atoms with van der Waals surface area (Å²) in [6.45, 7) is 4.79. The van der Waals surface area contributed by atoms with Crippen LogP contribution >= 0.6 is 0 Å². The third-order valence-electron chi connectivity index (χ3n) is 3.04. The molecule has 1 unspecified atom stereocenters. The van der Waals surface area contributed by atoms with E-state index in [1.54, 1.807) is 12.1 Å². The van der Waals surface area contributed by atoms with E-state index in [9.17, 15) is 5.11 Å². The molecule has 0 aromatic heterocycles. The summed E-state index contributed by atoms with van der Waals surface area (Å²) in [4.78, 5) is 0. The number of aromatic hydroxyl groups is 1. The van der Waals surface area contributed by atoms with Crippen LogP contribution in [-0.4, -0.2) is 17.8 Å². The van der Waals surface area contributed by atoms with Crippen molar-refractivity contribution in [2.75, 3.05) is 11.9 Å². The largest absolute Gasteiger partial charge is 0.508 e. The molecule has 0 radical (unpaired) electrons. The number of phenolic OH excluding ortho intramolecular Hbond substituents is 1. The molecule has 2 rings (SSSR count). The highest BCUT2D eigenvalue weighted by atomic mass is 16.5. The third-order valence-corrected chi connectivity index (χ3v) is 3.04. The fourth-order valence-corrected chi connectivity index (χ4v) is 2.16. The molecular formula is C17H21NO2. The number of anilines is 1. The van der Waals surface area contributed by atoms with Crippen LogP contribution in [0.4, 0.5) is 5.69 Å². The molecule has 0 bridgehead atoms. The molecule has 2 aromatic rings. The van der Waals surface area contributed by atoms with E-state index in [-0.39, 0.29) is 0 Å². The molecule has 2 aromatic carbocycles. The van der Waals surface area contributed by atoms with E-state index in [1.807, 2.05) is 43.3 Å². The van der Waals surface area contributed by atoms with Crippen molar-refractivity contribution in [3.05, 3.63) is 54.1 Å². The summed E-state index contributed by atoms with van der Waals surface area (Å²) < 4.78 is 5.49. The number of ether oxygens (including phenoxy) is 1. The molecule has 0 aliphatic heterocycles. The number of nitrogens with one attached hydrogen (secondary N) is 1. The molecule has 2 N–H and O–H groups in total. The molecule has 0 saturated carbocycles. The number of hydrogen-bond acceptors (Lipinski definition) is 3. The molecule has 0 heterocycles. The Balaban J connectivity index is 1.95. The Morgan fingerprint density at radius 1 is 1.15 bits per heavy atom. The topological polar surface area (TPSA) is 41.5 Å². The normalized spacial score (nSPS) is 11.9. The molecule has 3 nitrogen and oxygen atoms in total. The summed E-state index contributed by atoms with van der Waals surface area (Å²) in [7, 11) is 0. The summed E-state index contributed by atoms with van der Waals surface area (Å²) >= 11 is 0. The van der Waals surface area contributed by atoms with E-state index in [0.29, 0.717) is 18.4 Å². The van der Waals surface area contributed by atoms with Crippen molar-refractivity contribution >= 4 is 5.69 Å². The molecule has 20 heavy (non-hydrogen) atoms. The van der Waals surface area contributed by atoms with Crippen LogP contribution < -0.4 is 10.1 Å². The van der Waals surface area contributed by atoms with Crippen molar-refractivity contribution in [3.8, 4) is 11.5 Å². The van der Waals surface area contributed by atoms with E-state index < -0.39 is 0 Å². The summed E-state index contributed by atoms with van der Waals surface area (Å²) in [6.07, 6.45) is 0.902. The minimum absolute atomic E-state index is 0.302. The number of hydrogen-bond donors (Lipinski definition) is 2. The summed E-state index contributed by atoms with van der Waals surface area (Å²) in [5.41, 5.74) is 2.26. The zero-order valence-electron chi connectivity index (χ0n) is 12.0. The predicted octanol–water partition coefficient (Wildman–Crippen LogP) is 3.83. The van der Waals surface area contributed by atoms with Crippen molar-refractivity contribution in [2.45, 2.75) is 26.3 Å². The minimum atomic E-state index is 0.302. The average Bonchev–Trinajstić information content (AvgIpc) is 2.42. The lowest BCUT2D eigenvalue weighted by Crippen LogP contribution is -2.17. The SMILES string of the molecule is CCOc1cccc(NC(C)Cc2ccc(O)cc2)c1. The van der Waals surface area contributed by atoms with Crippen LogP contribution in [0.25, 0.3) is 0 Å². The van der Waals surface area contributed by atoms with Gasteiger partial charge in [-0.3, -0.25) is 0 Å². The Morgan fingerprint density at radius 3 is 2.60 bits per heavy atom. The molecule has 0 aliphatic rings. The fourth-order valence-electron chi connectivity index (χ4n) is 2.16. The molecular weight excluding hydrogens is 250 g/mol. The number of benzene rings is 2. The van der Waals surface area contributed by atoms with Gasteiger partial charge >= 0.3 is 0 Å². The lowest BCUT2D eigenvalue weighted by molar-refractivity contribution is 0.340. The quantitative estimate of drug-likeness (QED) is 0.839. The molecule has 0 fully saturated rings. The first-order chi connectivity index (χ1) is 9.67. The van der Waals surface area contributed by atoms with E-state index in [1.165, 1.54) is 5.56 Å². The zero-order chi connectivity index (χ0) is 14.4. The Kier molecular flexibility index (Phi) is 4.88. The van der Waals surface area contributed by atoms with Gasteiger partial charge in [-0.05, 0) is 50.1 Å². The van der Waals surface area contributed by atoms with Crippen molar-refractivity contribution in [2.24, 2.45) is 0 Å². The standard InChI is InChI=1S/C17H21NO2/c1-3-20-17-6-4-5-15(12-17)18-13(2)11-14-7-9-16(19)10-8-14/h4-10,12-13,18-19H,3,11H2,1-2H3. The monoisotopic (exact) mass is 271 g/mol. The second-order valence-electron chi connectivity index (χ2n) is 4.88. The molecule has 0 spiro atoms. The van der Waals surface area contributed by atoms with E-state index in [0.717, 1.165) is 17.9 Å². The fraction of sp³-hybridized carbons (Fsp3) is 0.294. The Morgan fingerprint density at radius 2 is 1.90 bits per heavy atom. The predicted molar refractivity (Wildman–Crippen MR) is 82.5 cm³/mol. The Labute approximate surface area is 120 Å². The lowest BCUT2D eigenvalue weighted by Gasteiger charge is -2.16. The highest BCUT2D eigenvalue weighted by Crippen LogP contribution is 2.19. The highest BCUT2D eigenvalue weighted by molar-refractivity contribution is 5.49. The molecule has 106 valence electrons. The summed E-state index contributed by atoms with van der Waals surface area (Å²) in [5, 5.41) is 12.7. The van der Waals surface area contributed by atoms with Gasteiger partial charge in [-0.1, -0.05) is 18.2 Å². The van der Waals surface area contributed by atoms with E-state index in [4.69, 9.17) is 4.74 Å². The molecule has 0 aliphatic carbocycles. The van der Waals surface area contributed by atoms with Gasteiger partial charge in [0.25, 0.3) is 0 Å².